The number of carbonyl (C=O) groups excluding carboxylic acids is 2. The largest absolute Gasteiger partial charge is 0.459 e. The summed E-state index contributed by atoms with van der Waals surface area (Å²) in [6.07, 6.45) is 4.04. The summed E-state index contributed by atoms with van der Waals surface area (Å²) in [4.78, 5) is 24.9. The zero-order valence-electron chi connectivity index (χ0n) is 17.2. The second-order valence-electron chi connectivity index (χ2n) is 8.76. The lowest BCUT2D eigenvalue weighted by molar-refractivity contribution is 0.00929. The van der Waals surface area contributed by atoms with Gasteiger partial charge in [0.15, 0.2) is 0 Å². The molecule has 1 saturated carbocycles. The van der Waals surface area contributed by atoms with Crippen molar-refractivity contribution in [3.8, 4) is 0 Å². The first-order chi connectivity index (χ1) is 13.7. The Hall–Kier alpha value is -2.14. The molecule has 1 N–H and O–H groups in total. The number of hydrogen-bond acceptors (Lipinski definition) is 3. The van der Waals surface area contributed by atoms with Crippen molar-refractivity contribution >= 4 is 33.5 Å². The minimum atomic E-state index is -0.298. The van der Waals surface area contributed by atoms with Crippen molar-refractivity contribution in [2.24, 2.45) is 11.3 Å². The summed E-state index contributed by atoms with van der Waals surface area (Å²) in [5, 5.41) is 2.84. The zero-order chi connectivity index (χ0) is 21.0. The Balaban J connectivity index is 1.54. The Morgan fingerprint density at radius 2 is 1.59 bits per heavy atom. The highest BCUT2D eigenvalue weighted by molar-refractivity contribution is 9.10. The van der Waals surface area contributed by atoms with Crippen LogP contribution in [0.4, 0.5) is 5.69 Å². The average molecular weight is 458 g/mol. The van der Waals surface area contributed by atoms with Crippen LogP contribution < -0.4 is 5.32 Å². The van der Waals surface area contributed by atoms with Gasteiger partial charge in [0.05, 0.1) is 11.1 Å². The van der Waals surface area contributed by atoms with E-state index in [1.807, 2.05) is 18.2 Å². The molecule has 29 heavy (non-hydrogen) atoms. The molecule has 4 nitrogen and oxygen atoms in total. The molecule has 2 aromatic carbocycles. The first-order valence-electron chi connectivity index (χ1n) is 10.1. The van der Waals surface area contributed by atoms with Gasteiger partial charge in [0, 0.05) is 10.2 Å². The maximum Gasteiger partial charge on any atom is 0.338 e. The van der Waals surface area contributed by atoms with Gasteiger partial charge in [0.1, 0.15) is 6.10 Å². The second-order valence-corrected chi connectivity index (χ2v) is 9.61. The van der Waals surface area contributed by atoms with Crippen LogP contribution in [0.5, 0.6) is 0 Å². The highest BCUT2D eigenvalue weighted by Crippen LogP contribution is 2.38. The first kappa shape index (κ1) is 21.6. The number of nitrogens with one attached hydrogen (secondary N) is 1. The number of carbonyl (C=O) groups is 2. The molecule has 3 rings (SSSR count). The quantitative estimate of drug-likeness (QED) is 0.535. The molecule has 0 heterocycles. The van der Waals surface area contributed by atoms with Gasteiger partial charge in [-0.15, -0.1) is 0 Å². The van der Waals surface area contributed by atoms with Gasteiger partial charge in [0.25, 0.3) is 5.91 Å². The van der Waals surface area contributed by atoms with E-state index in [4.69, 9.17) is 4.74 Å². The topological polar surface area (TPSA) is 55.4 Å². The Bertz CT molecular complexity index is 862. The number of anilines is 1. The van der Waals surface area contributed by atoms with E-state index in [1.54, 1.807) is 30.3 Å². The predicted octanol–water partition coefficient (Wildman–Crippen LogP) is 6.46. The second kappa shape index (κ2) is 9.12. The summed E-state index contributed by atoms with van der Waals surface area (Å²) in [5.74, 6) is 0.182. The first-order valence-corrected chi connectivity index (χ1v) is 10.9. The van der Waals surface area contributed by atoms with Crippen LogP contribution in [0.1, 0.15) is 67.2 Å². The maximum atomic E-state index is 12.5. The Labute approximate surface area is 181 Å². The van der Waals surface area contributed by atoms with Crippen LogP contribution in [0.2, 0.25) is 0 Å². The predicted molar refractivity (Wildman–Crippen MR) is 119 cm³/mol. The highest BCUT2D eigenvalue weighted by Gasteiger charge is 2.31. The van der Waals surface area contributed by atoms with Crippen molar-refractivity contribution in [3.63, 3.8) is 0 Å². The molecule has 0 saturated heterocycles. The van der Waals surface area contributed by atoms with Crippen molar-refractivity contribution in [1.29, 1.82) is 0 Å². The fourth-order valence-corrected chi connectivity index (χ4v) is 4.26. The molecule has 0 bridgehead atoms. The van der Waals surface area contributed by atoms with Gasteiger partial charge < -0.3 is 10.1 Å². The van der Waals surface area contributed by atoms with Crippen LogP contribution in [-0.4, -0.2) is 18.0 Å². The standard InChI is InChI=1S/C24H28BrNO3/c1-24(2,3)17-10-14-19(15-11-17)29-23(28)16-8-12-18(13-9-16)26-22(27)20-6-4-5-7-21(20)25/h4-9,12-13,17,19H,10-11,14-15H2,1-3H3,(H,26,27). The number of amides is 1. The molecule has 0 aliphatic heterocycles. The SMILES string of the molecule is CC(C)(C)C1CCC(OC(=O)c2ccc(NC(=O)c3ccccc3Br)cc2)CC1. The molecular formula is C24H28BrNO3. The van der Waals surface area contributed by atoms with E-state index in [0.717, 1.165) is 30.2 Å². The van der Waals surface area contributed by atoms with Crippen LogP contribution in [0.25, 0.3) is 0 Å². The Kier molecular flexibility index (Phi) is 6.78. The molecule has 1 aliphatic rings. The van der Waals surface area contributed by atoms with Gasteiger partial charge in [-0.05, 0) is 89.3 Å². The van der Waals surface area contributed by atoms with Gasteiger partial charge in [-0.3, -0.25) is 4.79 Å². The third kappa shape index (κ3) is 5.69. The molecule has 0 spiro atoms. The van der Waals surface area contributed by atoms with E-state index < -0.39 is 0 Å². The van der Waals surface area contributed by atoms with Gasteiger partial charge in [-0.2, -0.15) is 0 Å². The third-order valence-corrected chi connectivity index (χ3v) is 6.36. The summed E-state index contributed by atoms with van der Waals surface area (Å²) in [6, 6.07) is 14.1. The molecule has 154 valence electrons. The summed E-state index contributed by atoms with van der Waals surface area (Å²) in [7, 11) is 0. The molecule has 5 heteroatoms. The van der Waals surface area contributed by atoms with Crippen LogP contribution in [0.3, 0.4) is 0 Å². The van der Waals surface area contributed by atoms with Crippen LogP contribution in [0.15, 0.2) is 53.0 Å². The van der Waals surface area contributed by atoms with Crippen LogP contribution >= 0.6 is 15.9 Å². The lowest BCUT2D eigenvalue weighted by Gasteiger charge is -2.36. The van der Waals surface area contributed by atoms with Crippen LogP contribution in [-0.2, 0) is 4.74 Å². The average Bonchev–Trinajstić information content (AvgIpc) is 2.68. The number of halogens is 1. The minimum Gasteiger partial charge on any atom is -0.459 e. The minimum absolute atomic E-state index is 0.00379. The maximum absolute atomic E-state index is 12.5. The summed E-state index contributed by atoms with van der Waals surface area (Å²) >= 11 is 3.38. The van der Waals surface area contributed by atoms with E-state index in [1.165, 1.54) is 0 Å². The summed E-state index contributed by atoms with van der Waals surface area (Å²) in [5.41, 5.74) is 2.00. The van der Waals surface area contributed by atoms with Gasteiger partial charge in [0.2, 0.25) is 0 Å². The molecule has 1 amide bonds. The van der Waals surface area contributed by atoms with Gasteiger partial charge in [-0.25, -0.2) is 4.79 Å². The van der Waals surface area contributed by atoms with Crippen molar-refractivity contribution in [1.82, 2.24) is 0 Å². The lowest BCUT2D eigenvalue weighted by Crippen LogP contribution is -2.30. The summed E-state index contributed by atoms with van der Waals surface area (Å²) < 4.78 is 6.45. The monoisotopic (exact) mass is 457 g/mol. The molecular weight excluding hydrogens is 430 g/mol. The number of hydrogen-bond donors (Lipinski definition) is 1. The number of esters is 1. The fourth-order valence-electron chi connectivity index (χ4n) is 3.80. The Morgan fingerprint density at radius 1 is 0.966 bits per heavy atom. The Morgan fingerprint density at radius 3 is 2.17 bits per heavy atom. The normalized spacial score (nSPS) is 19.4. The van der Waals surface area contributed by atoms with E-state index in [-0.39, 0.29) is 18.0 Å². The molecule has 1 aliphatic carbocycles. The number of ether oxygens (including phenoxy) is 1. The molecule has 0 aromatic heterocycles. The van der Waals surface area contributed by atoms with Crippen molar-refractivity contribution in [2.45, 2.75) is 52.6 Å². The van der Waals surface area contributed by atoms with Crippen molar-refractivity contribution in [2.75, 3.05) is 5.32 Å². The molecule has 0 unspecified atom stereocenters. The fraction of sp³-hybridized carbons (Fsp3) is 0.417. The van der Waals surface area contributed by atoms with Crippen molar-refractivity contribution in [3.05, 3.63) is 64.1 Å². The zero-order valence-corrected chi connectivity index (χ0v) is 18.8. The molecule has 0 radical (unpaired) electrons. The van der Waals surface area contributed by atoms with E-state index in [2.05, 4.69) is 42.0 Å². The summed E-state index contributed by atoms with van der Waals surface area (Å²) in [6.45, 7) is 6.84. The van der Waals surface area contributed by atoms with E-state index in [9.17, 15) is 9.59 Å². The molecule has 2 aromatic rings. The molecule has 1 fully saturated rings. The van der Waals surface area contributed by atoms with Crippen molar-refractivity contribution < 1.29 is 14.3 Å². The van der Waals surface area contributed by atoms with Gasteiger partial charge in [-0.1, -0.05) is 32.9 Å². The number of benzene rings is 2. The highest BCUT2D eigenvalue weighted by atomic mass is 79.9. The van der Waals surface area contributed by atoms with Gasteiger partial charge >= 0.3 is 5.97 Å². The smallest absolute Gasteiger partial charge is 0.338 e. The third-order valence-electron chi connectivity index (χ3n) is 5.67. The van der Waals surface area contributed by atoms with E-state index in [0.29, 0.717) is 28.1 Å². The van der Waals surface area contributed by atoms with Crippen LogP contribution in [0, 0.1) is 11.3 Å². The lowest BCUT2D eigenvalue weighted by atomic mass is 9.72. The molecule has 0 atom stereocenters. The number of rotatable bonds is 4. The van der Waals surface area contributed by atoms with E-state index >= 15 is 0 Å².